The molecule has 7 heterocycles. The molecule has 4 aromatic rings. The van der Waals surface area contributed by atoms with Gasteiger partial charge in [0.2, 0.25) is 0 Å². The normalized spacial score (nSPS) is 29.9. The third kappa shape index (κ3) is 5.23. The van der Waals surface area contributed by atoms with Crippen molar-refractivity contribution < 1.29 is 32.5 Å². The minimum Gasteiger partial charge on any atom is -0.508 e. The van der Waals surface area contributed by atoms with E-state index in [2.05, 4.69) is 31.0 Å². The third-order valence-corrected chi connectivity index (χ3v) is 11.2. The topological polar surface area (TPSA) is 105 Å². The van der Waals surface area contributed by atoms with Crippen LogP contribution in [0.15, 0.2) is 30.5 Å². The third-order valence-electron chi connectivity index (χ3n) is 11.2. The number of terminal acetylenes is 1. The number of benzene rings is 2. The highest BCUT2D eigenvalue weighted by molar-refractivity contribution is 6.03. The standard InChI is InChI=1S/C37H37F3N6O4/c1-2-26-29(39)5-4-21-10-24(47)11-27(30(21)26)32-31(40)33-28(14-41-32)34-43-35(42-33)50-20-37-12-22(38)15-46(37)17-25(13-37)49-9-3-8-48-19-36-7-6-23(44-36)16-45(34)18-36/h1,4-5,10-11,14,22-23,25,44,47H,3,6-9,12-13,15-20H2/t22-,23-,25-,36+,37-/m1/s1. The van der Waals surface area contributed by atoms with Crippen LogP contribution in [0.5, 0.6) is 11.8 Å². The summed E-state index contributed by atoms with van der Waals surface area (Å²) in [7, 11) is 0. The minimum atomic E-state index is -0.997. The number of phenolic OH excluding ortho intramolecular Hbond substituents is 1. The summed E-state index contributed by atoms with van der Waals surface area (Å²) in [6, 6.07) is 5.58. The molecular weight excluding hydrogens is 649 g/mol. The van der Waals surface area contributed by atoms with Crippen LogP contribution in [0.4, 0.5) is 19.0 Å². The first-order chi connectivity index (χ1) is 24.2. The summed E-state index contributed by atoms with van der Waals surface area (Å²) in [6.07, 6.45) is 9.66. The summed E-state index contributed by atoms with van der Waals surface area (Å²) in [5, 5.41) is 15.4. The van der Waals surface area contributed by atoms with E-state index in [9.17, 15) is 13.9 Å². The molecule has 0 aliphatic carbocycles. The lowest BCUT2D eigenvalue weighted by Crippen LogP contribution is -2.62. The summed E-state index contributed by atoms with van der Waals surface area (Å²) in [6.45, 7) is 3.78. The Morgan fingerprint density at radius 2 is 1.98 bits per heavy atom. The molecule has 2 aromatic heterocycles. The maximum absolute atomic E-state index is 17.0. The number of alkyl halides is 1. The van der Waals surface area contributed by atoms with Crippen molar-refractivity contribution in [3.63, 3.8) is 0 Å². The Balaban J connectivity index is 1.20. The summed E-state index contributed by atoms with van der Waals surface area (Å²) in [5.41, 5.74) is -1.07. The van der Waals surface area contributed by atoms with Gasteiger partial charge in [-0.15, -0.1) is 6.42 Å². The smallest absolute Gasteiger partial charge is 0.319 e. The lowest BCUT2D eigenvalue weighted by atomic mass is 9.94. The molecule has 10 nitrogen and oxygen atoms in total. The molecule has 0 amide bonds. The molecular formula is C37H37F3N6O4. The molecule has 50 heavy (non-hydrogen) atoms. The molecule has 5 aliphatic heterocycles. The van der Waals surface area contributed by atoms with Crippen LogP contribution in [0.2, 0.25) is 0 Å². The molecule has 2 aromatic carbocycles. The average molecular weight is 687 g/mol. The van der Waals surface area contributed by atoms with Crippen molar-refractivity contribution in [3.8, 4) is 35.4 Å². The van der Waals surface area contributed by atoms with E-state index in [1.54, 1.807) is 0 Å². The first kappa shape index (κ1) is 31.7. The second-order valence-electron chi connectivity index (χ2n) is 14.5. The van der Waals surface area contributed by atoms with Gasteiger partial charge in [-0.3, -0.25) is 9.88 Å². The number of fused-ring (bicyclic) bond motifs is 9. The number of hydrogen-bond acceptors (Lipinski definition) is 10. The first-order valence-corrected chi connectivity index (χ1v) is 17.3. The van der Waals surface area contributed by atoms with Gasteiger partial charge in [-0.1, -0.05) is 12.0 Å². The monoisotopic (exact) mass is 686 g/mol. The van der Waals surface area contributed by atoms with E-state index in [-0.39, 0.29) is 63.8 Å². The van der Waals surface area contributed by atoms with Gasteiger partial charge in [0.1, 0.15) is 41.4 Å². The molecule has 5 aliphatic rings. The molecule has 5 atom stereocenters. The van der Waals surface area contributed by atoms with E-state index in [1.165, 1.54) is 30.5 Å². The summed E-state index contributed by atoms with van der Waals surface area (Å²) in [4.78, 5) is 18.2. The van der Waals surface area contributed by atoms with Crippen molar-refractivity contribution in [2.45, 2.75) is 61.5 Å². The predicted molar refractivity (Wildman–Crippen MR) is 180 cm³/mol. The van der Waals surface area contributed by atoms with Crippen LogP contribution in [-0.2, 0) is 9.47 Å². The number of halogens is 3. The highest BCUT2D eigenvalue weighted by Crippen LogP contribution is 2.43. The van der Waals surface area contributed by atoms with Gasteiger partial charge < -0.3 is 29.5 Å². The molecule has 0 saturated carbocycles. The Morgan fingerprint density at radius 1 is 1.08 bits per heavy atom. The van der Waals surface area contributed by atoms with Crippen molar-refractivity contribution in [2.75, 3.05) is 57.5 Å². The first-order valence-electron chi connectivity index (χ1n) is 17.3. The van der Waals surface area contributed by atoms with Crippen molar-refractivity contribution in [1.29, 1.82) is 0 Å². The molecule has 2 N–H and O–H groups in total. The number of hydrogen-bond donors (Lipinski definition) is 2. The number of piperazine rings is 1. The van der Waals surface area contributed by atoms with Gasteiger partial charge in [-0.25, -0.2) is 13.2 Å². The van der Waals surface area contributed by atoms with Crippen LogP contribution in [0.1, 0.15) is 37.7 Å². The van der Waals surface area contributed by atoms with Crippen molar-refractivity contribution >= 4 is 27.5 Å². The Labute approximate surface area is 286 Å². The summed E-state index contributed by atoms with van der Waals surface area (Å²) >= 11 is 0. The number of aromatic nitrogens is 3. The van der Waals surface area contributed by atoms with Crippen LogP contribution in [0, 0.1) is 24.0 Å². The maximum Gasteiger partial charge on any atom is 0.319 e. The number of pyridine rings is 1. The van der Waals surface area contributed by atoms with E-state index in [4.69, 9.17) is 25.6 Å². The lowest BCUT2D eigenvalue weighted by Gasteiger charge is -2.42. The van der Waals surface area contributed by atoms with Gasteiger partial charge in [0.05, 0.1) is 34.7 Å². The molecule has 4 saturated heterocycles. The molecule has 13 heteroatoms. The molecule has 0 radical (unpaired) electrons. The molecule has 260 valence electrons. The molecule has 4 fully saturated rings. The van der Waals surface area contributed by atoms with E-state index in [1.807, 2.05) is 0 Å². The summed E-state index contributed by atoms with van der Waals surface area (Å²) in [5.74, 6) is 1.25. The van der Waals surface area contributed by atoms with Gasteiger partial charge in [0.25, 0.3) is 0 Å². The molecule has 0 unspecified atom stereocenters. The molecule has 9 rings (SSSR count). The SMILES string of the molecule is C#Cc1c(F)ccc2cc(O)cc(-c3ncc4c5nc(nc4c3F)OC[C@]34C[C@@H](F)CN3C[C@@H](C4)OCCCOC[C@]34CC[C@H](CN5C3)N4)c12. The van der Waals surface area contributed by atoms with E-state index >= 15 is 4.39 Å². The van der Waals surface area contributed by atoms with Crippen LogP contribution in [-0.4, -0.2) is 107 Å². The Bertz CT molecular complexity index is 2060. The average Bonchev–Trinajstić information content (AvgIpc) is 3.70. The fourth-order valence-corrected chi connectivity index (χ4v) is 9.03. The van der Waals surface area contributed by atoms with Crippen molar-refractivity contribution in [2.24, 2.45) is 0 Å². The van der Waals surface area contributed by atoms with Gasteiger partial charge >= 0.3 is 6.01 Å². The second kappa shape index (κ2) is 11.9. The zero-order chi connectivity index (χ0) is 34.2. The van der Waals surface area contributed by atoms with Crippen LogP contribution < -0.4 is 15.0 Å². The van der Waals surface area contributed by atoms with E-state index in [0.717, 1.165) is 19.3 Å². The van der Waals surface area contributed by atoms with Crippen LogP contribution in [0.3, 0.4) is 0 Å². The highest BCUT2D eigenvalue weighted by Gasteiger charge is 2.53. The Hall–Kier alpha value is -4.22. The zero-order valence-corrected chi connectivity index (χ0v) is 27.4. The maximum atomic E-state index is 17.0. The van der Waals surface area contributed by atoms with Gasteiger partial charge in [0.15, 0.2) is 5.82 Å². The number of anilines is 1. The van der Waals surface area contributed by atoms with E-state index < -0.39 is 23.3 Å². The van der Waals surface area contributed by atoms with Crippen molar-refractivity contribution in [3.05, 3.63) is 47.7 Å². The zero-order valence-electron chi connectivity index (χ0n) is 27.4. The number of rotatable bonds is 1. The Kier molecular flexibility index (Phi) is 7.58. The summed E-state index contributed by atoms with van der Waals surface area (Å²) < 4.78 is 65.6. The Morgan fingerprint density at radius 3 is 2.86 bits per heavy atom. The van der Waals surface area contributed by atoms with E-state index in [0.29, 0.717) is 75.4 Å². The number of aromatic hydroxyl groups is 1. The largest absolute Gasteiger partial charge is 0.508 e. The number of phenols is 1. The number of ether oxygens (including phenoxy) is 3. The van der Waals surface area contributed by atoms with Crippen LogP contribution >= 0.6 is 0 Å². The van der Waals surface area contributed by atoms with Gasteiger partial charge in [-0.2, -0.15) is 9.97 Å². The second-order valence-corrected chi connectivity index (χ2v) is 14.5. The fourth-order valence-electron chi connectivity index (χ4n) is 9.03. The van der Waals surface area contributed by atoms with Gasteiger partial charge in [0, 0.05) is 69.0 Å². The van der Waals surface area contributed by atoms with Gasteiger partial charge in [-0.05, 0) is 49.3 Å². The van der Waals surface area contributed by atoms with Crippen molar-refractivity contribution in [1.82, 2.24) is 25.2 Å². The molecule has 2 spiro atoms. The minimum absolute atomic E-state index is 0.0406. The number of nitrogens with zero attached hydrogens (tertiary/aromatic N) is 5. The number of nitrogens with one attached hydrogen (secondary N) is 1. The van der Waals surface area contributed by atoms with Crippen LogP contribution in [0.25, 0.3) is 32.9 Å². The fraction of sp³-hybridized carbons (Fsp3) is 0.486. The quantitative estimate of drug-likeness (QED) is 0.279. The predicted octanol–water partition coefficient (Wildman–Crippen LogP) is 4.49. The highest BCUT2D eigenvalue weighted by atomic mass is 19.1. The molecule has 7 bridgehead atoms. The lowest BCUT2D eigenvalue weighted by molar-refractivity contribution is 0.0230.